The molecule has 0 aromatic carbocycles. The highest BCUT2D eigenvalue weighted by atomic mass is 16.5. The van der Waals surface area contributed by atoms with Gasteiger partial charge >= 0.3 is 0 Å². The van der Waals surface area contributed by atoms with Crippen LogP contribution in [-0.4, -0.2) is 37.5 Å². The van der Waals surface area contributed by atoms with Crippen molar-refractivity contribution in [3.05, 3.63) is 0 Å². The molecule has 0 aromatic rings. The summed E-state index contributed by atoms with van der Waals surface area (Å²) >= 11 is 0. The summed E-state index contributed by atoms with van der Waals surface area (Å²) in [4.78, 5) is 0. The molecule has 0 spiro atoms. The Bertz CT molecular complexity index is 122. The Kier molecular flexibility index (Phi) is 5.35. The van der Waals surface area contributed by atoms with E-state index in [1.165, 1.54) is 13.0 Å². The van der Waals surface area contributed by atoms with Crippen molar-refractivity contribution in [2.24, 2.45) is 5.92 Å². The Morgan fingerprint density at radius 3 is 3.00 bits per heavy atom. The fraction of sp³-hybridized carbons (Fsp3) is 1.00. The molecular weight excluding hydrogens is 166 g/mol. The van der Waals surface area contributed by atoms with E-state index in [1.54, 1.807) is 6.92 Å². The summed E-state index contributed by atoms with van der Waals surface area (Å²) in [6.07, 6.45) is 2.98. The minimum atomic E-state index is -0.229. The van der Waals surface area contributed by atoms with Crippen molar-refractivity contribution in [1.82, 2.24) is 5.32 Å². The fourth-order valence-electron chi connectivity index (χ4n) is 1.57. The van der Waals surface area contributed by atoms with Crippen molar-refractivity contribution >= 4 is 0 Å². The average Bonchev–Trinajstić information content (AvgIpc) is 2.55. The SMILES string of the molecule is CC(O)CCOCCC1CCNC1. The van der Waals surface area contributed by atoms with Crippen LogP contribution in [0.3, 0.4) is 0 Å². The van der Waals surface area contributed by atoms with Crippen LogP contribution >= 0.6 is 0 Å². The summed E-state index contributed by atoms with van der Waals surface area (Å²) in [7, 11) is 0. The van der Waals surface area contributed by atoms with Gasteiger partial charge in [-0.3, -0.25) is 0 Å². The van der Waals surface area contributed by atoms with E-state index in [-0.39, 0.29) is 6.10 Å². The topological polar surface area (TPSA) is 41.5 Å². The Morgan fingerprint density at radius 2 is 2.38 bits per heavy atom. The van der Waals surface area contributed by atoms with Crippen LogP contribution in [0.2, 0.25) is 0 Å². The van der Waals surface area contributed by atoms with Crippen molar-refractivity contribution < 1.29 is 9.84 Å². The highest BCUT2D eigenvalue weighted by Crippen LogP contribution is 2.11. The molecule has 0 radical (unpaired) electrons. The molecule has 1 rings (SSSR count). The van der Waals surface area contributed by atoms with E-state index >= 15 is 0 Å². The molecule has 2 unspecified atom stereocenters. The van der Waals surface area contributed by atoms with Gasteiger partial charge in [0.25, 0.3) is 0 Å². The van der Waals surface area contributed by atoms with E-state index in [1.807, 2.05) is 0 Å². The lowest BCUT2D eigenvalue weighted by Gasteiger charge is -2.09. The lowest BCUT2D eigenvalue weighted by molar-refractivity contribution is 0.0826. The number of aliphatic hydroxyl groups is 1. The molecule has 3 heteroatoms. The monoisotopic (exact) mass is 187 g/mol. The molecule has 13 heavy (non-hydrogen) atoms. The Hall–Kier alpha value is -0.120. The molecule has 1 saturated heterocycles. The van der Waals surface area contributed by atoms with Gasteiger partial charge in [0.2, 0.25) is 0 Å². The van der Waals surface area contributed by atoms with Gasteiger partial charge in [-0.1, -0.05) is 0 Å². The summed E-state index contributed by atoms with van der Waals surface area (Å²) in [5, 5.41) is 12.3. The van der Waals surface area contributed by atoms with E-state index < -0.39 is 0 Å². The van der Waals surface area contributed by atoms with Crippen LogP contribution in [0.25, 0.3) is 0 Å². The van der Waals surface area contributed by atoms with Crippen molar-refractivity contribution in [3.8, 4) is 0 Å². The van der Waals surface area contributed by atoms with E-state index in [0.717, 1.165) is 31.9 Å². The van der Waals surface area contributed by atoms with Gasteiger partial charge in [-0.05, 0) is 45.2 Å². The van der Waals surface area contributed by atoms with Crippen LogP contribution < -0.4 is 5.32 Å². The number of hydrogen-bond acceptors (Lipinski definition) is 3. The number of hydrogen-bond donors (Lipinski definition) is 2. The first-order valence-corrected chi connectivity index (χ1v) is 5.25. The predicted octanol–water partition coefficient (Wildman–Crippen LogP) is 0.773. The zero-order valence-corrected chi connectivity index (χ0v) is 8.46. The standard InChI is InChI=1S/C10H21NO2/c1-9(12)3-6-13-7-4-10-2-5-11-8-10/h9-12H,2-8H2,1H3. The smallest absolute Gasteiger partial charge is 0.0534 e. The summed E-state index contributed by atoms with van der Waals surface area (Å²) in [6.45, 7) is 5.65. The average molecular weight is 187 g/mol. The van der Waals surface area contributed by atoms with Gasteiger partial charge in [0.15, 0.2) is 0 Å². The third-order valence-corrected chi connectivity index (χ3v) is 2.51. The van der Waals surface area contributed by atoms with Gasteiger partial charge in [0.1, 0.15) is 0 Å². The van der Waals surface area contributed by atoms with Crippen LogP contribution in [0.15, 0.2) is 0 Å². The minimum Gasteiger partial charge on any atom is -0.393 e. The molecule has 1 heterocycles. The third kappa shape index (κ3) is 5.24. The summed E-state index contributed by atoms with van der Waals surface area (Å²) < 4.78 is 5.42. The first-order valence-electron chi connectivity index (χ1n) is 5.25. The maximum atomic E-state index is 8.97. The number of rotatable bonds is 6. The van der Waals surface area contributed by atoms with Crippen LogP contribution in [0.1, 0.15) is 26.2 Å². The van der Waals surface area contributed by atoms with Gasteiger partial charge < -0.3 is 15.2 Å². The second-order valence-corrected chi connectivity index (χ2v) is 3.90. The van der Waals surface area contributed by atoms with Crippen molar-refractivity contribution in [3.63, 3.8) is 0 Å². The number of aliphatic hydroxyl groups excluding tert-OH is 1. The number of nitrogens with one attached hydrogen (secondary N) is 1. The summed E-state index contributed by atoms with van der Waals surface area (Å²) in [5.74, 6) is 0.812. The molecule has 0 aliphatic carbocycles. The van der Waals surface area contributed by atoms with Crippen LogP contribution in [0, 0.1) is 5.92 Å². The Morgan fingerprint density at radius 1 is 1.54 bits per heavy atom. The molecule has 1 aliphatic rings. The van der Waals surface area contributed by atoms with Gasteiger partial charge in [-0.25, -0.2) is 0 Å². The van der Waals surface area contributed by atoms with Crippen molar-refractivity contribution in [2.75, 3.05) is 26.3 Å². The molecule has 1 fully saturated rings. The summed E-state index contributed by atoms with van der Waals surface area (Å²) in [5.41, 5.74) is 0. The van der Waals surface area contributed by atoms with Crippen LogP contribution in [0.5, 0.6) is 0 Å². The second-order valence-electron chi connectivity index (χ2n) is 3.90. The molecule has 2 atom stereocenters. The van der Waals surface area contributed by atoms with Gasteiger partial charge in [0, 0.05) is 13.2 Å². The Balaban J connectivity index is 1.83. The molecule has 0 saturated carbocycles. The molecule has 1 aliphatic heterocycles. The molecule has 3 nitrogen and oxygen atoms in total. The molecule has 0 aromatic heterocycles. The van der Waals surface area contributed by atoms with E-state index in [4.69, 9.17) is 9.84 Å². The van der Waals surface area contributed by atoms with E-state index in [0.29, 0.717) is 6.61 Å². The van der Waals surface area contributed by atoms with E-state index in [9.17, 15) is 0 Å². The minimum absolute atomic E-state index is 0.229. The van der Waals surface area contributed by atoms with Gasteiger partial charge in [0.05, 0.1) is 6.10 Å². The zero-order valence-electron chi connectivity index (χ0n) is 8.46. The largest absolute Gasteiger partial charge is 0.393 e. The van der Waals surface area contributed by atoms with Crippen LogP contribution in [-0.2, 0) is 4.74 Å². The first-order chi connectivity index (χ1) is 6.29. The third-order valence-electron chi connectivity index (χ3n) is 2.51. The molecule has 2 N–H and O–H groups in total. The normalized spacial score (nSPS) is 24.9. The summed E-state index contributed by atoms with van der Waals surface area (Å²) in [6, 6.07) is 0. The van der Waals surface area contributed by atoms with Gasteiger partial charge in [-0.15, -0.1) is 0 Å². The fourth-order valence-corrected chi connectivity index (χ4v) is 1.57. The van der Waals surface area contributed by atoms with Gasteiger partial charge in [-0.2, -0.15) is 0 Å². The first kappa shape index (κ1) is 11.0. The van der Waals surface area contributed by atoms with Crippen molar-refractivity contribution in [1.29, 1.82) is 0 Å². The molecule has 0 bridgehead atoms. The zero-order chi connectivity index (χ0) is 9.52. The highest BCUT2D eigenvalue weighted by Gasteiger charge is 2.13. The second kappa shape index (κ2) is 6.35. The quantitative estimate of drug-likeness (QED) is 0.604. The van der Waals surface area contributed by atoms with Crippen LogP contribution in [0.4, 0.5) is 0 Å². The molecular formula is C10H21NO2. The lowest BCUT2D eigenvalue weighted by Crippen LogP contribution is -2.12. The molecule has 0 amide bonds. The van der Waals surface area contributed by atoms with Crippen molar-refractivity contribution in [2.45, 2.75) is 32.3 Å². The predicted molar refractivity (Wildman–Crippen MR) is 52.7 cm³/mol. The Labute approximate surface area is 80.5 Å². The lowest BCUT2D eigenvalue weighted by atomic mass is 10.1. The molecule has 78 valence electrons. The van der Waals surface area contributed by atoms with E-state index in [2.05, 4.69) is 5.32 Å². The highest BCUT2D eigenvalue weighted by molar-refractivity contribution is 4.70. The maximum Gasteiger partial charge on any atom is 0.0534 e. The number of ether oxygens (including phenoxy) is 1. The maximum absolute atomic E-state index is 8.97.